The van der Waals surface area contributed by atoms with Gasteiger partial charge < -0.3 is 15.0 Å². The standard InChI is InChI=1S/C23H23N7O4S/c1-3-20-25-26-23-29(20)27-22(35-23)15-5-4-14(2)18(12-15)24-21(31)17-13-16(30(32)33)6-7-19(17)28-8-10-34-11-9-28/h4-7,12-13H,3,8-11H2,1-2H3,(H,24,31). The van der Waals surface area contributed by atoms with Crippen LogP contribution < -0.4 is 10.2 Å². The molecule has 0 atom stereocenters. The zero-order chi connectivity index (χ0) is 24.5. The molecule has 2 aromatic heterocycles. The quantitative estimate of drug-likeness (QED) is 0.318. The minimum Gasteiger partial charge on any atom is -0.378 e. The Hall–Kier alpha value is -3.90. The fraction of sp³-hybridized carbons (Fsp3) is 0.304. The Bertz CT molecular complexity index is 1420. The van der Waals surface area contributed by atoms with Crippen molar-refractivity contribution in [3.8, 4) is 10.6 Å². The molecular weight excluding hydrogens is 470 g/mol. The van der Waals surface area contributed by atoms with Gasteiger partial charge in [-0.25, -0.2) is 0 Å². The number of hydrogen-bond donors (Lipinski definition) is 1. The number of benzene rings is 2. The molecule has 35 heavy (non-hydrogen) atoms. The Morgan fingerprint density at radius 3 is 2.74 bits per heavy atom. The van der Waals surface area contributed by atoms with Crippen molar-refractivity contribution < 1.29 is 14.5 Å². The number of carbonyl (C=O) groups is 1. The van der Waals surface area contributed by atoms with Gasteiger partial charge in [0.2, 0.25) is 4.96 Å². The van der Waals surface area contributed by atoms with Crippen LogP contribution in [-0.2, 0) is 11.2 Å². The highest BCUT2D eigenvalue weighted by Crippen LogP contribution is 2.31. The zero-order valence-corrected chi connectivity index (χ0v) is 20.0. The molecule has 12 heteroatoms. The van der Waals surface area contributed by atoms with Gasteiger partial charge in [0.25, 0.3) is 11.6 Å². The summed E-state index contributed by atoms with van der Waals surface area (Å²) in [5.41, 5.74) is 3.05. The lowest BCUT2D eigenvalue weighted by molar-refractivity contribution is -0.384. The number of morpholine rings is 1. The van der Waals surface area contributed by atoms with E-state index in [0.29, 0.717) is 49.1 Å². The van der Waals surface area contributed by atoms with E-state index in [0.717, 1.165) is 22.0 Å². The maximum Gasteiger partial charge on any atom is 0.270 e. The Morgan fingerprint density at radius 1 is 1.20 bits per heavy atom. The van der Waals surface area contributed by atoms with Crippen LogP contribution in [0.3, 0.4) is 0 Å². The third-order valence-corrected chi connectivity index (χ3v) is 6.84. The number of fused-ring (bicyclic) bond motifs is 1. The predicted octanol–water partition coefficient (Wildman–Crippen LogP) is 3.72. The number of nitrogens with one attached hydrogen (secondary N) is 1. The van der Waals surface area contributed by atoms with Crippen molar-refractivity contribution in [1.82, 2.24) is 19.8 Å². The average Bonchev–Trinajstić information content (AvgIpc) is 3.46. The first-order chi connectivity index (χ1) is 16.9. The lowest BCUT2D eigenvalue weighted by atomic mass is 10.1. The van der Waals surface area contributed by atoms with E-state index >= 15 is 0 Å². The van der Waals surface area contributed by atoms with Gasteiger partial charge in [-0.2, -0.15) is 9.61 Å². The van der Waals surface area contributed by atoms with Gasteiger partial charge in [0.05, 0.1) is 29.4 Å². The van der Waals surface area contributed by atoms with Crippen molar-refractivity contribution in [2.24, 2.45) is 0 Å². The maximum absolute atomic E-state index is 13.4. The van der Waals surface area contributed by atoms with Crippen LogP contribution in [0.1, 0.15) is 28.7 Å². The molecule has 1 aliphatic heterocycles. The number of non-ortho nitro benzene ring substituents is 1. The average molecular weight is 494 g/mol. The molecule has 1 N–H and O–H groups in total. The molecular formula is C23H23N7O4S. The lowest BCUT2D eigenvalue weighted by Crippen LogP contribution is -2.37. The highest BCUT2D eigenvalue weighted by Gasteiger charge is 2.23. The van der Waals surface area contributed by atoms with Gasteiger partial charge >= 0.3 is 0 Å². The number of aromatic nitrogens is 4. The van der Waals surface area contributed by atoms with E-state index in [1.54, 1.807) is 10.6 Å². The number of nitro benzene ring substituents is 1. The molecule has 0 radical (unpaired) electrons. The molecule has 11 nitrogen and oxygen atoms in total. The molecule has 1 fully saturated rings. The predicted molar refractivity (Wildman–Crippen MR) is 132 cm³/mol. The monoisotopic (exact) mass is 493 g/mol. The van der Waals surface area contributed by atoms with E-state index in [2.05, 4.69) is 20.6 Å². The molecule has 1 saturated heterocycles. The van der Waals surface area contributed by atoms with Crippen molar-refractivity contribution >= 4 is 39.3 Å². The van der Waals surface area contributed by atoms with Crippen LogP contribution in [0, 0.1) is 17.0 Å². The maximum atomic E-state index is 13.4. The molecule has 0 aliphatic carbocycles. The summed E-state index contributed by atoms with van der Waals surface area (Å²) in [4.78, 5) is 27.0. The summed E-state index contributed by atoms with van der Waals surface area (Å²) in [6.07, 6.45) is 0.717. The topological polar surface area (TPSA) is 128 Å². The van der Waals surface area contributed by atoms with E-state index in [4.69, 9.17) is 4.74 Å². The SMILES string of the molecule is CCc1nnc2sc(-c3ccc(C)c(NC(=O)c4cc([N+](=O)[O-])ccc4N4CCOCC4)c3)nn12. The number of rotatable bonds is 6. The normalized spacial score (nSPS) is 13.8. The van der Waals surface area contributed by atoms with Crippen LogP contribution in [0.25, 0.3) is 15.5 Å². The first kappa shape index (κ1) is 22.9. The van der Waals surface area contributed by atoms with Crippen molar-refractivity contribution in [2.45, 2.75) is 20.3 Å². The number of aryl methyl sites for hydroxylation is 2. The highest BCUT2D eigenvalue weighted by atomic mass is 32.1. The minimum atomic E-state index is -0.496. The van der Waals surface area contributed by atoms with Gasteiger partial charge in [0.1, 0.15) is 5.01 Å². The molecule has 2 aromatic carbocycles. The Morgan fingerprint density at radius 2 is 2.00 bits per heavy atom. The second-order valence-corrected chi connectivity index (χ2v) is 9.07. The Labute approximate surface area is 204 Å². The molecule has 4 aromatic rings. The molecule has 0 saturated carbocycles. The number of ether oxygens (including phenoxy) is 1. The summed E-state index contributed by atoms with van der Waals surface area (Å²) < 4.78 is 7.15. The minimum absolute atomic E-state index is 0.135. The van der Waals surface area contributed by atoms with E-state index in [9.17, 15) is 14.9 Å². The second kappa shape index (κ2) is 9.39. The van der Waals surface area contributed by atoms with Gasteiger partial charge in [-0.3, -0.25) is 14.9 Å². The van der Waals surface area contributed by atoms with Gasteiger partial charge in [-0.05, 0) is 24.6 Å². The van der Waals surface area contributed by atoms with Crippen molar-refractivity contribution in [1.29, 1.82) is 0 Å². The molecule has 180 valence electrons. The van der Waals surface area contributed by atoms with Crippen molar-refractivity contribution in [3.05, 3.63) is 63.5 Å². The molecule has 1 aliphatic rings. The molecule has 3 heterocycles. The zero-order valence-electron chi connectivity index (χ0n) is 19.2. The fourth-order valence-electron chi connectivity index (χ4n) is 3.97. The first-order valence-electron chi connectivity index (χ1n) is 11.2. The molecule has 1 amide bonds. The molecule has 0 spiro atoms. The molecule has 5 rings (SSSR count). The largest absolute Gasteiger partial charge is 0.378 e. The van der Waals surface area contributed by atoms with Crippen molar-refractivity contribution in [2.75, 3.05) is 36.5 Å². The molecule has 0 bridgehead atoms. The van der Waals surface area contributed by atoms with Crippen LogP contribution in [0.5, 0.6) is 0 Å². The summed E-state index contributed by atoms with van der Waals surface area (Å²) in [6.45, 7) is 6.16. The van der Waals surface area contributed by atoms with Gasteiger partial charge in [-0.1, -0.05) is 30.4 Å². The van der Waals surface area contributed by atoms with Crippen LogP contribution >= 0.6 is 11.3 Å². The van der Waals surface area contributed by atoms with E-state index in [1.807, 2.05) is 36.9 Å². The molecule has 0 unspecified atom stereocenters. The highest BCUT2D eigenvalue weighted by molar-refractivity contribution is 7.19. The summed E-state index contributed by atoms with van der Waals surface area (Å²) in [5.74, 6) is 0.367. The summed E-state index contributed by atoms with van der Waals surface area (Å²) >= 11 is 1.41. The number of nitrogens with zero attached hydrogens (tertiary/aromatic N) is 6. The van der Waals surface area contributed by atoms with Crippen LogP contribution in [0.4, 0.5) is 17.1 Å². The second-order valence-electron chi connectivity index (χ2n) is 8.11. The fourth-order valence-corrected chi connectivity index (χ4v) is 4.83. The number of amides is 1. The van der Waals surface area contributed by atoms with Gasteiger partial charge in [0.15, 0.2) is 5.82 Å². The Balaban J connectivity index is 1.48. The van der Waals surface area contributed by atoms with Crippen molar-refractivity contribution in [3.63, 3.8) is 0 Å². The van der Waals surface area contributed by atoms with E-state index in [-0.39, 0.29) is 11.3 Å². The third-order valence-electron chi connectivity index (χ3n) is 5.89. The number of hydrogen-bond acceptors (Lipinski definition) is 9. The summed E-state index contributed by atoms with van der Waals surface area (Å²) in [5, 5.41) is 28.0. The van der Waals surface area contributed by atoms with Gasteiger partial charge in [-0.15, -0.1) is 10.2 Å². The van der Waals surface area contributed by atoms with E-state index < -0.39 is 10.8 Å². The van der Waals surface area contributed by atoms with Crippen LogP contribution in [0.15, 0.2) is 36.4 Å². The Kier molecular flexibility index (Phi) is 6.14. The number of anilines is 2. The van der Waals surface area contributed by atoms with Crippen LogP contribution in [0.2, 0.25) is 0 Å². The van der Waals surface area contributed by atoms with Gasteiger partial charge in [0, 0.05) is 42.9 Å². The van der Waals surface area contributed by atoms with E-state index in [1.165, 1.54) is 23.5 Å². The number of nitro groups is 1. The van der Waals surface area contributed by atoms with Crippen LogP contribution in [-0.4, -0.2) is 56.9 Å². The summed E-state index contributed by atoms with van der Waals surface area (Å²) in [7, 11) is 0. The smallest absolute Gasteiger partial charge is 0.270 e. The lowest BCUT2D eigenvalue weighted by Gasteiger charge is -2.30. The third kappa shape index (κ3) is 4.45. The first-order valence-corrected chi connectivity index (χ1v) is 12.0. The summed E-state index contributed by atoms with van der Waals surface area (Å²) in [6, 6.07) is 10.1. The number of carbonyl (C=O) groups excluding carboxylic acids is 1.